The quantitative estimate of drug-likeness (QED) is 0.548. The van der Waals surface area contributed by atoms with Gasteiger partial charge in [-0.1, -0.05) is 17.7 Å². The highest BCUT2D eigenvalue weighted by molar-refractivity contribution is 7.17. The van der Waals surface area contributed by atoms with Crippen LogP contribution in [0.5, 0.6) is 0 Å². The smallest absolute Gasteiger partial charge is 0.271 e. The fourth-order valence-corrected chi connectivity index (χ4v) is 4.85. The molecule has 0 aliphatic heterocycles. The predicted octanol–water partition coefficient (Wildman–Crippen LogP) is 4.15. The average molecular weight is 411 g/mol. The number of thiazole rings is 1. The zero-order valence-electron chi connectivity index (χ0n) is 15.6. The van der Waals surface area contributed by atoms with Gasteiger partial charge < -0.3 is 5.32 Å². The van der Waals surface area contributed by atoms with Crippen LogP contribution in [0.25, 0.3) is 21.5 Å². The Balaban J connectivity index is 1.53. The Kier molecular flexibility index (Phi) is 4.82. The molecule has 0 aliphatic carbocycles. The van der Waals surface area contributed by atoms with Gasteiger partial charge in [0.1, 0.15) is 11.2 Å². The summed E-state index contributed by atoms with van der Waals surface area (Å²) in [5, 5.41) is 7.05. The Morgan fingerprint density at radius 2 is 1.93 bits per heavy atom. The van der Waals surface area contributed by atoms with Crippen LogP contribution in [-0.2, 0) is 11.3 Å². The van der Waals surface area contributed by atoms with Gasteiger partial charge in [-0.25, -0.2) is 9.97 Å². The number of hydrogen-bond donors (Lipinski definition) is 1. The van der Waals surface area contributed by atoms with Gasteiger partial charge >= 0.3 is 0 Å². The number of nitrogens with zero attached hydrogens (tertiary/aromatic N) is 3. The van der Waals surface area contributed by atoms with E-state index in [0.29, 0.717) is 15.3 Å². The first kappa shape index (κ1) is 18.5. The lowest BCUT2D eigenvalue weighted by molar-refractivity contribution is -0.116. The number of hydrogen-bond acceptors (Lipinski definition) is 6. The maximum atomic E-state index is 12.4. The van der Waals surface area contributed by atoms with E-state index in [9.17, 15) is 9.59 Å². The number of thiophene rings is 1. The van der Waals surface area contributed by atoms with E-state index in [2.05, 4.69) is 48.2 Å². The second-order valence-electron chi connectivity index (χ2n) is 6.67. The number of aromatic nitrogens is 3. The van der Waals surface area contributed by atoms with Crippen LogP contribution >= 0.6 is 22.7 Å². The number of anilines is 1. The normalized spacial score (nSPS) is 11.1. The number of amides is 1. The summed E-state index contributed by atoms with van der Waals surface area (Å²) >= 11 is 2.69. The molecule has 0 unspecified atom stereocenters. The Bertz CT molecular complexity index is 1230. The maximum Gasteiger partial charge on any atom is 0.271 e. The zero-order valence-corrected chi connectivity index (χ0v) is 17.3. The summed E-state index contributed by atoms with van der Waals surface area (Å²) in [6, 6.07) is 6.04. The highest BCUT2D eigenvalue weighted by Gasteiger charge is 2.14. The minimum atomic E-state index is -0.307. The molecule has 0 radical (unpaired) electrons. The first-order valence-corrected chi connectivity index (χ1v) is 10.4. The molecule has 1 amide bonds. The van der Waals surface area contributed by atoms with Gasteiger partial charge in [-0.05, 0) is 43.3 Å². The van der Waals surface area contributed by atoms with Crippen molar-refractivity contribution in [2.75, 3.05) is 5.32 Å². The summed E-state index contributed by atoms with van der Waals surface area (Å²) in [4.78, 5) is 33.6. The standard InChI is InChI=1S/C20H18N4O2S2/c1-11-6-12(2)17(13(3)7-11)15-9-28-20(22-15)23-16(25)8-24-10-21-14-4-5-27-18(14)19(24)26/h4-7,9-10H,8H2,1-3H3,(H,22,23,25). The van der Waals surface area contributed by atoms with E-state index in [1.807, 2.05) is 10.8 Å². The van der Waals surface area contributed by atoms with Gasteiger partial charge in [-0.3, -0.25) is 14.2 Å². The lowest BCUT2D eigenvalue weighted by atomic mass is 9.98. The lowest BCUT2D eigenvalue weighted by Gasteiger charge is -2.09. The molecule has 28 heavy (non-hydrogen) atoms. The first-order chi connectivity index (χ1) is 13.4. The number of benzene rings is 1. The third kappa shape index (κ3) is 3.48. The molecule has 0 atom stereocenters. The molecule has 0 aliphatic rings. The molecule has 4 aromatic rings. The third-order valence-electron chi connectivity index (χ3n) is 4.43. The minimum absolute atomic E-state index is 0.100. The number of carbonyl (C=O) groups excluding carboxylic acids is 1. The summed E-state index contributed by atoms with van der Waals surface area (Å²) < 4.78 is 1.87. The molecule has 0 saturated carbocycles. The van der Waals surface area contributed by atoms with E-state index in [-0.39, 0.29) is 18.0 Å². The molecule has 0 fully saturated rings. The molecular weight excluding hydrogens is 392 g/mol. The van der Waals surface area contributed by atoms with Crippen molar-refractivity contribution in [3.05, 3.63) is 62.3 Å². The minimum Gasteiger partial charge on any atom is -0.300 e. The van der Waals surface area contributed by atoms with Crippen LogP contribution in [0, 0.1) is 20.8 Å². The highest BCUT2D eigenvalue weighted by Crippen LogP contribution is 2.31. The lowest BCUT2D eigenvalue weighted by Crippen LogP contribution is -2.27. The summed E-state index contributed by atoms with van der Waals surface area (Å²) in [6.07, 6.45) is 1.41. The van der Waals surface area contributed by atoms with Gasteiger partial charge in [-0.2, -0.15) is 0 Å². The largest absolute Gasteiger partial charge is 0.300 e. The van der Waals surface area contributed by atoms with E-state index >= 15 is 0 Å². The van der Waals surface area contributed by atoms with Crippen LogP contribution < -0.4 is 10.9 Å². The molecule has 0 saturated heterocycles. The van der Waals surface area contributed by atoms with Gasteiger partial charge in [0.25, 0.3) is 5.56 Å². The monoisotopic (exact) mass is 410 g/mol. The van der Waals surface area contributed by atoms with Gasteiger partial charge in [-0.15, -0.1) is 22.7 Å². The summed E-state index contributed by atoms with van der Waals surface area (Å²) in [7, 11) is 0. The molecule has 3 heterocycles. The van der Waals surface area contributed by atoms with E-state index in [0.717, 1.165) is 22.4 Å². The van der Waals surface area contributed by atoms with Crippen LogP contribution in [0.4, 0.5) is 5.13 Å². The molecule has 4 rings (SSSR count). The van der Waals surface area contributed by atoms with Crippen molar-refractivity contribution < 1.29 is 4.79 Å². The SMILES string of the molecule is Cc1cc(C)c(-c2csc(NC(=O)Cn3cnc4ccsc4c3=O)n2)c(C)c1. The summed E-state index contributed by atoms with van der Waals surface area (Å²) in [5.74, 6) is -0.307. The number of aryl methyl sites for hydroxylation is 3. The Labute approximate surface area is 169 Å². The van der Waals surface area contributed by atoms with Crippen LogP contribution in [0.2, 0.25) is 0 Å². The van der Waals surface area contributed by atoms with Gasteiger partial charge in [0.2, 0.25) is 5.91 Å². The average Bonchev–Trinajstić information content (AvgIpc) is 3.26. The highest BCUT2D eigenvalue weighted by atomic mass is 32.1. The van der Waals surface area contributed by atoms with Crippen molar-refractivity contribution in [1.29, 1.82) is 0 Å². The molecule has 6 nitrogen and oxygen atoms in total. The number of nitrogens with one attached hydrogen (secondary N) is 1. The van der Waals surface area contributed by atoms with Crippen LogP contribution in [-0.4, -0.2) is 20.4 Å². The molecular formula is C20H18N4O2S2. The van der Waals surface area contributed by atoms with Crippen molar-refractivity contribution in [2.24, 2.45) is 0 Å². The van der Waals surface area contributed by atoms with E-state index in [1.54, 1.807) is 6.07 Å². The number of carbonyl (C=O) groups is 1. The Morgan fingerprint density at radius 3 is 2.68 bits per heavy atom. The zero-order chi connectivity index (χ0) is 19.8. The third-order valence-corrected chi connectivity index (χ3v) is 6.08. The first-order valence-electron chi connectivity index (χ1n) is 8.68. The molecule has 1 N–H and O–H groups in total. The Morgan fingerprint density at radius 1 is 1.18 bits per heavy atom. The predicted molar refractivity (Wildman–Crippen MR) is 114 cm³/mol. The Hall–Kier alpha value is -2.84. The number of fused-ring (bicyclic) bond motifs is 1. The van der Waals surface area contributed by atoms with Gasteiger partial charge in [0.15, 0.2) is 5.13 Å². The van der Waals surface area contributed by atoms with Crippen LogP contribution in [0.3, 0.4) is 0 Å². The molecule has 8 heteroatoms. The summed E-state index contributed by atoms with van der Waals surface area (Å²) in [5.41, 5.74) is 5.90. The second kappa shape index (κ2) is 7.29. The van der Waals surface area contributed by atoms with Gasteiger partial charge in [0, 0.05) is 10.9 Å². The van der Waals surface area contributed by atoms with Crippen molar-refractivity contribution in [2.45, 2.75) is 27.3 Å². The van der Waals surface area contributed by atoms with Crippen LogP contribution in [0.1, 0.15) is 16.7 Å². The number of rotatable bonds is 4. The van der Waals surface area contributed by atoms with Crippen molar-refractivity contribution >= 4 is 43.9 Å². The van der Waals surface area contributed by atoms with Gasteiger partial charge in [0.05, 0.1) is 17.5 Å². The second-order valence-corrected chi connectivity index (χ2v) is 8.45. The fourth-order valence-electron chi connectivity index (χ4n) is 3.34. The molecule has 0 spiro atoms. The molecule has 3 aromatic heterocycles. The fraction of sp³-hybridized carbons (Fsp3) is 0.200. The molecule has 1 aromatic carbocycles. The topological polar surface area (TPSA) is 76.9 Å². The maximum absolute atomic E-state index is 12.4. The summed E-state index contributed by atoms with van der Waals surface area (Å²) in [6.45, 7) is 6.10. The molecule has 0 bridgehead atoms. The molecule has 142 valence electrons. The van der Waals surface area contributed by atoms with Crippen molar-refractivity contribution in [1.82, 2.24) is 14.5 Å². The van der Waals surface area contributed by atoms with E-state index in [4.69, 9.17) is 0 Å². The van der Waals surface area contributed by atoms with E-state index < -0.39 is 0 Å². The van der Waals surface area contributed by atoms with Crippen molar-refractivity contribution in [3.8, 4) is 11.3 Å². The van der Waals surface area contributed by atoms with Crippen molar-refractivity contribution in [3.63, 3.8) is 0 Å². The van der Waals surface area contributed by atoms with E-state index in [1.165, 1.54) is 39.1 Å². The van der Waals surface area contributed by atoms with Crippen LogP contribution in [0.15, 0.2) is 40.1 Å².